The SMILES string of the molecule is [P]#[Ni](#[P])=[S]. The maximum absolute atomic E-state index is 4.39. The van der Waals surface area contributed by atoms with Gasteiger partial charge in [-0.05, 0) is 0 Å². The molecule has 0 aliphatic heterocycles. The summed E-state index contributed by atoms with van der Waals surface area (Å²) in [6.45, 7) is 0. The van der Waals surface area contributed by atoms with Crippen LogP contribution in [0.25, 0.3) is 0 Å². The standard InChI is InChI=1S/Ni.2P.S. The average molecular weight is 153 g/mol. The fourth-order valence-corrected chi connectivity index (χ4v) is 0. The molecule has 0 unspecified atom stereocenters. The molecule has 0 aliphatic rings. The second-order valence-corrected chi connectivity index (χ2v) is 6.63. The van der Waals surface area contributed by atoms with Crippen LogP contribution in [-0.4, -0.2) is 0 Å². The van der Waals surface area contributed by atoms with Crippen LogP contribution >= 0.6 is 25.4 Å². The van der Waals surface area contributed by atoms with Crippen molar-refractivity contribution in [2.45, 2.75) is 0 Å². The summed E-state index contributed by atoms with van der Waals surface area (Å²) in [6, 6.07) is 0. The van der Waals surface area contributed by atoms with Crippen molar-refractivity contribution in [3.05, 3.63) is 0 Å². The first-order chi connectivity index (χ1) is 1.73. The Bertz CT molecular complexity index is 188. The van der Waals surface area contributed by atoms with Gasteiger partial charge in [0.15, 0.2) is 0 Å². The van der Waals surface area contributed by atoms with Crippen molar-refractivity contribution in [1.29, 1.82) is 0 Å². The molecule has 0 heterocycles. The van der Waals surface area contributed by atoms with E-state index in [9.17, 15) is 0 Å². The van der Waals surface area contributed by atoms with Gasteiger partial charge in [0.25, 0.3) is 0 Å². The predicted octanol–water partition coefficient (Wildman–Crippen LogP) is 2.37. The molecule has 26 valence electrons. The van der Waals surface area contributed by atoms with E-state index >= 15 is 0 Å². The van der Waals surface area contributed by atoms with Crippen molar-refractivity contribution < 1.29 is 9.59 Å². The summed E-state index contributed by atoms with van der Waals surface area (Å²) in [5, 5.41) is 0. The molecule has 0 N–H and O–H groups in total. The van der Waals surface area contributed by atoms with E-state index in [1.807, 2.05) is 0 Å². The fraction of sp³-hybridized carbons (Fsp3) is 0. The molecule has 0 nitrogen and oxygen atoms in total. The molecule has 0 amide bonds. The zero-order chi connectivity index (χ0) is 3.58. The van der Waals surface area contributed by atoms with E-state index in [-0.39, 0.29) is 0 Å². The summed E-state index contributed by atoms with van der Waals surface area (Å²) in [4.78, 5) is 0. The van der Waals surface area contributed by atoms with Gasteiger partial charge in [0, 0.05) is 0 Å². The second kappa shape index (κ2) is 2.79. The molecule has 0 radical (unpaired) electrons. The van der Waals surface area contributed by atoms with Crippen molar-refractivity contribution in [2.75, 3.05) is 0 Å². The average Bonchev–Trinajstić information content (AvgIpc) is 0.811. The number of rotatable bonds is 0. The van der Waals surface area contributed by atoms with E-state index in [4.69, 9.17) is 0 Å². The topological polar surface area (TPSA) is 0 Å². The zero-order valence-electron chi connectivity index (χ0n) is 1.62. The molecular formula is NiP2S. The molecule has 0 aromatic heterocycles. The maximum atomic E-state index is 4.39. The van der Waals surface area contributed by atoms with Crippen LogP contribution in [0.1, 0.15) is 0 Å². The monoisotopic (exact) mass is 152 g/mol. The zero-order valence-corrected chi connectivity index (χ0v) is 5.21. The van der Waals surface area contributed by atoms with Crippen molar-refractivity contribution in [3.8, 4) is 0 Å². The quantitative estimate of drug-likeness (QED) is 0.380. The molecule has 0 spiro atoms. The van der Waals surface area contributed by atoms with Crippen LogP contribution in [0.4, 0.5) is 0 Å². The van der Waals surface area contributed by atoms with Gasteiger partial charge < -0.3 is 0 Å². The van der Waals surface area contributed by atoms with Crippen LogP contribution in [0.5, 0.6) is 0 Å². The van der Waals surface area contributed by atoms with Gasteiger partial charge in [-0.1, -0.05) is 0 Å². The normalized spacial score (nSPS) is 7.75. The summed E-state index contributed by atoms with van der Waals surface area (Å²) in [5.74, 6) is 0. The van der Waals surface area contributed by atoms with Gasteiger partial charge in [0.05, 0.1) is 0 Å². The molecule has 4 heteroatoms. The Labute approximate surface area is 35.3 Å². The van der Waals surface area contributed by atoms with Crippen LogP contribution in [0.2, 0.25) is 0 Å². The number of hydrogen-bond acceptors (Lipinski definition) is 1. The van der Waals surface area contributed by atoms with E-state index in [0.29, 0.717) is 0 Å². The third-order valence-electron chi connectivity index (χ3n) is 0. The molecule has 0 saturated heterocycles. The Morgan fingerprint density at radius 2 is 1.50 bits per heavy atom. The van der Waals surface area contributed by atoms with Gasteiger partial charge in [-0.3, -0.25) is 0 Å². The van der Waals surface area contributed by atoms with Gasteiger partial charge >= 0.3 is 35.0 Å². The van der Waals surface area contributed by atoms with Crippen molar-refractivity contribution >= 4 is 25.4 Å². The molecule has 4 heavy (non-hydrogen) atoms. The molecule has 0 atom stereocenters. The van der Waals surface area contributed by atoms with Crippen molar-refractivity contribution in [2.24, 2.45) is 0 Å². The van der Waals surface area contributed by atoms with Crippen LogP contribution in [0.3, 0.4) is 0 Å². The first-order valence-electron chi connectivity index (χ1n) is 0.412. The summed E-state index contributed by atoms with van der Waals surface area (Å²) in [7, 11) is 11.3. The van der Waals surface area contributed by atoms with Gasteiger partial charge in [0.1, 0.15) is 0 Å². The molecule has 0 aromatic rings. The van der Waals surface area contributed by atoms with Gasteiger partial charge in [-0.2, -0.15) is 0 Å². The third-order valence-corrected chi connectivity index (χ3v) is 0. The Morgan fingerprint density at radius 1 is 1.50 bits per heavy atom. The van der Waals surface area contributed by atoms with Gasteiger partial charge in [0.2, 0.25) is 0 Å². The molecule has 0 aliphatic carbocycles. The summed E-state index contributed by atoms with van der Waals surface area (Å²) in [6.07, 6.45) is 0. The summed E-state index contributed by atoms with van der Waals surface area (Å²) >= 11 is 0. The molecule has 0 rings (SSSR count). The van der Waals surface area contributed by atoms with Gasteiger partial charge in [-0.25, -0.2) is 0 Å². The minimum absolute atomic E-state index is 0.486. The van der Waals surface area contributed by atoms with Crippen LogP contribution in [0.15, 0.2) is 0 Å². The number of hydrogen-bond donors (Lipinski definition) is 0. The van der Waals surface area contributed by atoms with Crippen LogP contribution < -0.4 is 0 Å². The molecule has 0 saturated carbocycles. The molecule has 0 fully saturated rings. The van der Waals surface area contributed by atoms with E-state index in [1.165, 1.54) is 0 Å². The molecule has 0 aromatic carbocycles. The second-order valence-electron chi connectivity index (χ2n) is 0.179. The third kappa shape index (κ3) is 9.56. The fourth-order valence-electron chi connectivity index (χ4n) is 0. The van der Waals surface area contributed by atoms with Crippen molar-refractivity contribution in [1.82, 2.24) is 0 Å². The Balaban J connectivity index is 5.99. The van der Waals surface area contributed by atoms with E-state index in [0.717, 1.165) is 0 Å². The molecule has 0 bridgehead atoms. The Morgan fingerprint density at radius 3 is 1.50 bits per heavy atom. The van der Waals surface area contributed by atoms with E-state index < -0.39 is 9.59 Å². The predicted molar refractivity (Wildman–Crippen MR) is 21.4 cm³/mol. The van der Waals surface area contributed by atoms with E-state index in [2.05, 4.69) is 25.4 Å². The Hall–Kier alpha value is 1.57. The summed E-state index contributed by atoms with van der Waals surface area (Å²) < 4.78 is 0. The van der Waals surface area contributed by atoms with Crippen LogP contribution in [-0.2, 0) is 9.59 Å². The minimum atomic E-state index is -0.486. The van der Waals surface area contributed by atoms with E-state index in [1.54, 1.807) is 0 Å². The first-order valence-corrected chi connectivity index (χ1v) is 5.10. The molecular weight excluding hydrogens is 153 g/mol. The Kier molecular flexibility index (Phi) is 3.89. The summed E-state index contributed by atoms with van der Waals surface area (Å²) in [5.41, 5.74) is 0. The van der Waals surface area contributed by atoms with Crippen molar-refractivity contribution in [3.63, 3.8) is 0 Å². The first kappa shape index (κ1) is 5.57. The van der Waals surface area contributed by atoms with Gasteiger partial charge in [-0.15, -0.1) is 0 Å². The van der Waals surface area contributed by atoms with Crippen LogP contribution in [0, 0.1) is 0 Å².